The van der Waals surface area contributed by atoms with Crippen molar-refractivity contribution in [3.63, 3.8) is 0 Å². The zero-order chi connectivity index (χ0) is 13.1. The molecule has 0 radical (unpaired) electrons. The van der Waals surface area contributed by atoms with Gasteiger partial charge in [-0.3, -0.25) is 5.32 Å². The third-order valence-corrected chi connectivity index (χ3v) is 2.14. The van der Waals surface area contributed by atoms with Crippen LogP contribution in [-0.4, -0.2) is 12.7 Å². The van der Waals surface area contributed by atoms with Crippen molar-refractivity contribution in [2.75, 3.05) is 6.54 Å². The summed E-state index contributed by atoms with van der Waals surface area (Å²) in [6, 6.07) is 3.52. The van der Waals surface area contributed by atoms with Crippen molar-refractivity contribution in [2.24, 2.45) is 0 Å². The number of nitrogens with zero attached hydrogens (tertiary/aromatic N) is 1. The van der Waals surface area contributed by atoms with Gasteiger partial charge in [0.1, 0.15) is 11.9 Å². The molecule has 0 saturated carbocycles. The molecule has 0 bridgehead atoms. The second-order valence-corrected chi connectivity index (χ2v) is 3.66. The minimum Gasteiger partial charge on any atom is -0.290 e. The fourth-order valence-electron chi connectivity index (χ4n) is 1.18. The number of benzene rings is 1. The van der Waals surface area contributed by atoms with E-state index in [2.05, 4.69) is 0 Å². The van der Waals surface area contributed by atoms with E-state index in [0.29, 0.717) is 0 Å². The van der Waals surface area contributed by atoms with Gasteiger partial charge in [0.15, 0.2) is 0 Å². The number of hydrogen-bond acceptors (Lipinski definition) is 2. The van der Waals surface area contributed by atoms with E-state index in [0.717, 1.165) is 12.1 Å². The molecule has 1 aromatic carbocycles. The molecule has 0 amide bonds. The Bertz CT molecular complexity index is 439. The summed E-state index contributed by atoms with van der Waals surface area (Å²) in [7, 11) is 0. The summed E-state index contributed by atoms with van der Waals surface area (Å²) in [5.41, 5.74) is -0.204. The molecular formula is C10H7ClF4N2. The highest BCUT2D eigenvalue weighted by Crippen LogP contribution is 2.22. The maximum Gasteiger partial charge on any atom is 0.401 e. The van der Waals surface area contributed by atoms with Crippen LogP contribution in [-0.2, 0) is 0 Å². The highest BCUT2D eigenvalue weighted by atomic mass is 35.5. The Kier molecular flexibility index (Phi) is 4.32. The first-order chi connectivity index (χ1) is 7.83. The van der Waals surface area contributed by atoms with Gasteiger partial charge in [-0.2, -0.15) is 18.4 Å². The lowest BCUT2D eigenvalue weighted by Gasteiger charge is -2.14. The summed E-state index contributed by atoms with van der Waals surface area (Å²) in [5.74, 6) is -0.782. The summed E-state index contributed by atoms with van der Waals surface area (Å²) in [6.07, 6.45) is -4.47. The molecule has 1 unspecified atom stereocenters. The molecule has 1 atom stereocenters. The van der Waals surface area contributed by atoms with Crippen LogP contribution >= 0.6 is 11.6 Å². The van der Waals surface area contributed by atoms with E-state index < -0.39 is 24.6 Å². The van der Waals surface area contributed by atoms with Crippen molar-refractivity contribution >= 4 is 11.6 Å². The molecule has 7 heteroatoms. The summed E-state index contributed by atoms with van der Waals surface area (Å²) in [5, 5.41) is 10.8. The van der Waals surface area contributed by atoms with Crippen LogP contribution in [0.1, 0.15) is 11.6 Å². The van der Waals surface area contributed by atoms with Gasteiger partial charge in [-0.15, -0.1) is 0 Å². The Morgan fingerprint density at radius 3 is 2.59 bits per heavy atom. The van der Waals surface area contributed by atoms with Gasteiger partial charge in [0, 0.05) is 10.6 Å². The van der Waals surface area contributed by atoms with Crippen molar-refractivity contribution < 1.29 is 17.6 Å². The second-order valence-electron chi connectivity index (χ2n) is 3.22. The molecule has 0 aliphatic rings. The molecule has 17 heavy (non-hydrogen) atoms. The number of halogens is 5. The Morgan fingerprint density at radius 2 is 2.06 bits per heavy atom. The van der Waals surface area contributed by atoms with Gasteiger partial charge in [0.05, 0.1) is 12.6 Å². The summed E-state index contributed by atoms with van der Waals surface area (Å²) in [6.45, 7) is -1.38. The lowest BCUT2D eigenvalue weighted by atomic mass is 10.1. The van der Waals surface area contributed by atoms with Gasteiger partial charge in [-0.25, -0.2) is 4.39 Å². The van der Waals surface area contributed by atoms with Crippen LogP contribution in [0.25, 0.3) is 0 Å². The topological polar surface area (TPSA) is 35.8 Å². The highest BCUT2D eigenvalue weighted by Gasteiger charge is 2.29. The first kappa shape index (κ1) is 13.7. The Labute approximate surface area is 99.8 Å². The molecule has 0 spiro atoms. The highest BCUT2D eigenvalue weighted by molar-refractivity contribution is 6.30. The minimum absolute atomic E-state index is 0.149. The number of nitrogens with one attached hydrogen (secondary N) is 1. The molecule has 1 rings (SSSR count). The van der Waals surface area contributed by atoms with E-state index in [9.17, 15) is 17.6 Å². The molecule has 0 aliphatic carbocycles. The van der Waals surface area contributed by atoms with E-state index in [1.165, 1.54) is 6.07 Å². The lowest BCUT2D eigenvalue weighted by molar-refractivity contribution is -0.125. The first-order valence-corrected chi connectivity index (χ1v) is 4.86. The van der Waals surface area contributed by atoms with Crippen molar-refractivity contribution in [1.82, 2.24) is 5.32 Å². The average Bonchev–Trinajstić information content (AvgIpc) is 2.22. The number of alkyl halides is 3. The largest absolute Gasteiger partial charge is 0.401 e. The maximum atomic E-state index is 13.3. The normalized spacial score (nSPS) is 13.2. The molecule has 1 N–H and O–H groups in total. The van der Waals surface area contributed by atoms with Crippen LogP contribution in [0.2, 0.25) is 5.02 Å². The van der Waals surface area contributed by atoms with Gasteiger partial charge in [-0.05, 0) is 18.2 Å². The Balaban J connectivity index is 2.88. The Hall–Kier alpha value is -1.32. The second kappa shape index (κ2) is 5.34. The van der Waals surface area contributed by atoms with E-state index >= 15 is 0 Å². The van der Waals surface area contributed by atoms with Crippen molar-refractivity contribution in [2.45, 2.75) is 12.2 Å². The van der Waals surface area contributed by atoms with Crippen molar-refractivity contribution in [3.8, 4) is 6.07 Å². The summed E-state index contributed by atoms with van der Waals surface area (Å²) < 4.78 is 49.2. The van der Waals surface area contributed by atoms with Gasteiger partial charge < -0.3 is 0 Å². The van der Waals surface area contributed by atoms with Crippen LogP contribution in [0.5, 0.6) is 0 Å². The van der Waals surface area contributed by atoms with Crippen molar-refractivity contribution in [1.29, 1.82) is 5.26 Å². The third-order valence-electron chi connectivity index (χ3n) is 1.90. The molecule has 2 nitrogen and oxygen atoms in total. The number of hydrogen-bond donors (Lipinski definition) is 1. The molecule has 0 fully saturated rings. The maximum absolute atomic E-state index is 13.3. The van der Waals surface area contributed by atoms with Gasteiger partial charge >= 0.3 is 6.18 Å². The fraction of sp³-hybridized carbons (Fsp3) is 0.300. The summed E-state index contributed by atoms with van der Waals surface area (Å²) >= 11 is 5.58. The van der Waals surface area contributed by atoms with Crippen LogP contribution < -0.4 is 5.32 Å². The van der Waals surface area contributed by atoms with E-state index in [4.69, 9.17) is 16.9 Å². The first-order valence-electron chi connectivity index (χ1n) is 4.48. The molecular weight excluding hydrogens is 260 g/mol. The molecule has 92 valence electrons. The van der Waals surface area contributed by atoms with Crippen LogP contribution in [0.4, 0.5) is 17.6 Å². The molecule has 0 aromatic heterocycles. The molecule has 0 aliphatic heterocycles. The Morgan fingerprint density at radius 1 is 1.41 bits per heavy atom. The minimum atomic E-state index is -4.47. The average molecular weight is 267 g/mol. The van der Waals surface area contributed by atoms with Crippen LogP contribution in [0.3, 0.4) is 0 Å². The van der Waals surface area contributed by atoms with Gasteiger partial charge in [0.25, 0.3) is 0 Å². The fourth-order valence-corrected chi connectivity index (χ4v) is 1.36. The summed E-state index contributed by atoms with van der Waals surface area (Å²) in [4.78, 5) is 0. The van der Waals surface area contributed by atoms with E-state index in [-0.39, 0.29) is 10.6 Å². The van der Waals surface area contributed by atoms with E-state index in [1.54, 1.807) is 6.07 Å². The molecule has 0 saturated heterocycles. The third kappa shape index (κ3) is 4.21. The standard InChI is InChI=1S/C10H7ClF4N2/c11-6-1-2-8(12)7(3-6)9(4-16)17-5-10(13,14)15/h1-3,9,17H,5H2. The quantitative estimate of drug-likeness (QED) is 0.853. The zero-order valence-corrected chi connectivity index (χ0v) is 9.11. The monoisotopic (exact) mass is 266 g/mol. The van der Waals surface area contributed by atoms with Gasteiger partial charge in [0.2, 0.25) is 0 Å². The molecule has 0 heterocycles. The zero-order valence-electron chi connectivity index (χ0n) is 8.35. The van der Waals surface area contributed by atoms with Gasteiger partial charge in [-0.1, -0.05) is 11.6 Å². The lowest BCUT2D eigenvalue weighted by Crippen LogP contribution is -2.31. The predicted molar refractivity (Wildman–Crippen MR) is 53.8 cm³/mol. The SMILES string of the molecule is N#CC(NCC(F)(F)F)c1cc(Cl)ccc1F. The molecule has 1 aromatic rings. The predicted octanol–water partition coefficient (Wildman–Crippen LogP) is 3.20. The smallest absolute Gasteiger partial charge is 0.290 e. The van der Waals surface area contributed by atoms with Crippen LogP contribution in [0.15, 0.2) is 18.2 Å². The van der Waals surface area contributed by atoms with Crippen LogP contribution in [0, 0.1) is 17.1 Å². The van der Waals surface area contributed by atoms with Crippen molar-refractivity contribution in [3.05, 3.63) is 34.6 Å². The number of rotatable bonds is 3. The van der Waals surface area contributed by atoms with E-state index in [1.807, 2.05) is 5.32 Å². The number of nitriles is 1.